The minimum atomic E-state index is -0.809. The van der Waals surface area contributed by atoms with E-state index in [0.29, 0.717) is 6.54 Å². The normalized spacial score (nSPS) is 12.8. The molecule has 96 valence electrons. The molecule has 0 aliphatic carbocycles. The number of para-hydroxylation sites is 1. The highest BCUT2D eigenvalue weighted by atomic mass is 19.1. The van der Waals surface area contributed by atoms with Gasteiger partial charge in [-0.2, -0.15) is 0 Å². The number of halogens is 2. The van der Waals surface area contributed by atoms with Gasteiger partial charge in [0.25, 0.3) is 0 Å². The van der Waals surface area contributed by atoms with Crippen LogP contribution in [-0.2, 0) is 0 Å². The summed E-state index contributed by atoms with van der Waals surface area (Å²) in [5.41, 5.74) is 0. The molecule has 0 aromatic heterocycles. The van der Waals surface area contributed by atoms with Gasteiger partial charge in [-0.3, -0.25) is 0 Å². The highest BCUT2D eigenvalue weighted by Gasteiger charge is 2.12. The van der Waals surface area contributed by atoms with Gasteiger partial charge in [-0.1, -0.05) is 19.9 Å². The summed E-state index contributed by atoms with van der Waals surface area (Å²) in [7, 11) is 0. The fourth-order valence-electron chi connectivity index (χ4n) is 1.23. The number of rotatable bonds is 6. The number of ether oxygens (including phenoxy) is 1. The van der Waals surface area contributed by atoms with Crippen molar-refractivity contribution in [2.75, 3.05) is 13.2 Å². The van der Waals surface area contributed by atoms with Crippen molar-refractivity contribution in [3.05, 3.63) is 29.8 Å². The summed E-state index contributed by atoms with van der Waals surface area (Å²) in [6.07, 6.45) is -0.809. The van der Waals surface area contributed by atoms with Gasteiger partial charge in [-0.25, -0.2) is 8.78 Å². The Kier molecular flexibility index (Phi) is 5.31. The van der Waals surface area contributed by atoms with Crippen LogP contribution in [0.25, 0.3) is 0 Å². The van der Waals surface area contributed by atoms with Crippen LogP contribution in [0.1, 0.15) is 13.8 Å². The van der Waals surface area contributed by atoms with E-state index in [0.717, 1.165) is 12.1 Å². The first kappa shape index (κ1) is 13.9. The second-order valence-electron chi connectivity index (χ2n) is 4.08. The first-order chi connectivity index (χ1) is 8.00. The van der Waals surface area contributed by atoms with E-state index < -0.39 is 23.5 Å². The van der Waals surface area contributed by atoms with Crippen molar-refractivity contribution in [2.45, 2.75) is 26.0 Å². The second-order valence-corrected chi connectivity index (χ2v) is 4.08. The van der Waals surface area contributed by atoms with Gasteiger partial charge in [0.1, 0.15) is 12.7 Å². The van der Waals surface area contributed by atoms with Crippen LogP contribution in [0.3, 0.4) is 0 Å². The zero-order valence-electron chi connectivity index (χ0n) is 9.91. The van der Waals surface area contributed by atoms with E-state index >= 15 is 0 Å². The molecule has 0 bridgehead atoms. The quantitative estimate of drug-likeness (QED) is 0.801. The molecule has 0 spiro atoms. The monoisotopic (exact) mass is 245 g/mol. The van der Waals surface area contributed by atoms with Gasteiger partial charge in [-0.15, -0.1) is 0 Å². The average Bonchev–Trinajstić information content (AvgIpc) is 2.25. The van der Waals surface area contributed by atoms with Gasteiger partial charge in [0.05, 0.1) is 0 Å². The van der Waals surface area contributed by atoms with E-state index in [9.17, 15) is 13.9 Å². The zero-order valence-corrected chi connectivity index (χ0v) is 9.91. The third-order valence-electron chi connectivity index (χ3n) is 2.10. The Hall–Kier alpha value is -1.20. The molecular weight excluding hydrogens is 228 g/mol. The van der Waals surface area contributed by atoms with Crippen molar-refractivity contribution in [3.8, 4) is 5.75 Å². The van der Waals surface area contributed by atoms with Crippen molar-refractivity contribution >= 4 is 0 Å². The molecular formula is C12H17F2NO2. The summed E-state index contributed by atoms with van der Waals surface area (Å²) in [4.78, 5) is 0. The van der Waals surface area contributed by atoms with Crippen LogP contribution in [0.4, 0.5) is 8.78 Å². The molecule has 5 heteroatoms. The molecule has 0 aliphatic heterocycles. The molecule has 2 N–H and O–H groups in total. The van der Waals surface area contributed by atoms with Gasteiger partial charge >= 0.3 is 0 Å². The van der Waals surface area contributed by atoms with Crippen LogP contribution in [0, 0.1) is 11.6 Å². The van der Waals surface area contributed by atoms with E-state index in [1.807, 2.05) is 13.8 Å². The molecule has 0 heterocycles. The third kappa shape index (κ3) is 4.66. The fraction of sp³-hybridized carbons (Fsp3) is 0.500. The lowest BCUT2D eigenvalue weighted by Crippen LogP contribution is -2.35. The minimum Gasteiger partial charge on any atom is -0.485 e. The molecule has 0 aliphatic rings. The van der Waals surface area contributed by atoms with Crippen molar-refractivity contribution in [2.24, 2.45) is 0 Å². The highest BCUT2D eigenvalue weighted by Crippen LogP contribution is 2.20. The Morgan fingerprint density at radius 1 is 1.29 bits per heavy atom. The van der Waals surface area contributed by atoms with Crippen LogP contribution in [0.15, 0.2) is 18.2 Å². The number of hydrogen-bond donors (Lipinski definition) is 2. The van der Waals surface area contributed by atoms with Gasteiger partial charge in [0.15, 0.2) is 17.4 Å². The van der Waals surface area contributed by atoms with Gasteiger partial charge < -0.3 is 15.2 Å². The largest absolute Gasteiger partial charge is 0.485 e. The molecule has 1 aromatic rings. The SMILES string of the molecule is CC(C)NCC(O)COc1c(F)cccc1F. The van der Waals surface area contributed by atoms with Gasteiger partial charge in [-0.05, 0) is 12.1 Å². The number of benzene rings is 1. The van der Waals surface area contributed by atoms with E-state index in [2.05, 4.69) is 5.32 Å². The third-order valence-corrected chi connectivity index (χ3v) is 2.10. The summed E-state index contributed by atoms with van der Waals surface area (Å²) in [5.74, 6) is -1.99. The summed E-state index contributed by atoms with van der Waals surface area (Å²) in [6.45, 7) is 4.03. The standard InChI is InChI=1S/C12H17F2NO2/c1-8(2)15-6-9(16)7-17-12-10(13)4-3-5-11(12)14/h3-5,8-9,15-16H,6-7H2,1-2H3. The molecule has 0 saturated heterocycles. The van der Waals surface area contributed by atoms with Crippen LogP contribution in [-0.4, -0.2) is 30.4 Å². The Labute approximate surface area is 99.4 Å². The van der Waals surface area contributed by atoms with E-state index in [1.165, 1.54) is 6.07 Å². The predicted molar refractivity (Wildman–Crippen MR) is 61.0 cm³/mol. The van der Waals surface area contributed by atoms with Gasteiger partial charge in [0.2, 0.25) is 0 Å². The minimum absolute atomic E-state index is 0.155. The van der Waals surface area contributed by atoms with Crippen molar-refractivity contribution in [1.82, 2.24) is 5.32 Å². The van der Waals surface area contributed by atoms with E-state index in [4.69, 9.17) is 4.74 Å². The molecule has 1 atom stereocenters. The Morgan fingerprint density at radius 3 is 2.41 bits per heavy atom. The molecule has 17 heavy (non-hydrogen) atoms. The first-order valence-corrected chi connectivity index (χ1v) is 5.49. The lowest BCUT2D eigenvalue weighted by atomic mass is 10.3. The van der Waals surface area contributed by atoms with Crippen LogP contribution in [0.2, 0.25) is 0 Å². The Balaban J connectivity index is 2.44. The summed E-state index contributed by atoms with van der Waals surface area (Å²) >= 11 is 0. The van der Waals surface area contributed by atoms with Crippen LogP contribution < -0.4 is 10.1 Å². The van der Waals surface area contributed by atoms with Crippen molar-refractivity contribution in [3.63, 3.8) is 0 Å². The summed E-state index contributed by atoms with van der Waals surface area (Å²) in [5, 5.41) is 12.5. The molecule has 1 rings (SSSR count). The summed E-state index contributed by atoms with van der Waals surface area (Å²) in [6, 6.07) is 3.71. The molecule has 0 saturated carbocycles. The average molecular weight is 245 g/mol. The maximum Gasteiger partial charge on any atom is 0.190 e. The maximum atomic E-state index is 13.2. The maximum absolute atomic E-state index is 13.2. The van der Waals surface area contributed by atoms with Crippen LogP contribution >= 0.6 is 0 Å². The zero-order chi connectivity index (χ0) is 12.8. The highest BCUT2D eigenvalue weighted by molar-refractivity contribution is 5.25. The molecule has 0 amide bonds. The molecule has 1 unspecified atom stereocenters. The molecule has 0 fully saturated rings. The first-order valence-electron chi connectivity index (χ1n) is 5.49. The lowest BCUT2D eigenvalue weighted by Gasteiger charge is -2.15. The predicted octanol–water partition coefficient (Wildman–Crippen LogP) is 1.70. The van der Waals surface area contributed by atoms with Gasteiger partial charge in [0, 0.05) is 12.6 Å². The molecule has 1 aromatic carbocycles. The van der Waals surface area contributed by atoms with E-state index in [-0.39, 0.29) is 12.6 Å². The summed E-state index contributed by atoms with van der Waals surface area (Å²) < 4.78 is 31.2. The second kappa shape index (κ2) is 6.51. The lowest BCUT2D eigenvalue weighted by molar-refractivity contribution is 0.0998. The Bertz CT molecular complexity index is 338. The Morgan fingerprint density at radius 2 is 1.88 bits per heavy atom. The smallest absolute Gasteiger partial charge is 0.190 e. The van der Waals surface area contributed by atoms with Crippen LogP contribution in [0.5, 0.6) is 5.75 Å². The fourth-order valence-corrected chi connectivity index (χ4v) is 1.23. The number of aliphatic hydroxyl groups is 1. The topological polar surface area (TPSA) is 41.5 Å². The molecule has 0 radical (unpaired) electrons. The van der Waals surface area contributed by atoms with Crippen molar-refractivity contribution in [1.29, 1.82) is 0 Å². The molecule has 3 nitrogen and oxygen atoms in total. The number of aliphatic hydroxyl groups excluding tert-OH is 1. The number of hydrogen-bond acceptors (Lipinski definition) is 3. The van der Waals surface area contributed by atoms with Crippen molar-refractivity contribution < 1.29 is 18.6 Å². The number of nitrogens with one attached hydrogen (secondary N) is 1. The van der Waals surface area contributed by atoms with E-state index in [1.54, 1.807) is 0 Å².